The Morgan fingerprint density at radius 3 is 2.50 bits per heavy atom. The summed E-state index contributed by atoms with van der Waals surface area (Å²) in [6, 6.07) is 6.26. The van der Waals surface area contributed by atoms with E-state index in [9.17, 15) is 14.8 Å². The fraction of sp³-hybridized carbons (Fsp3) is 0.364. The first kappa shape index (κ1) is 21.4. The Morgan fingerprint density at radius 2 is 1.86 bits per heavy atom. The maximum absolute atomic E-state index is 12.0. The summed E-state index contributed by atoms with van der Waals surface area (Å²) in [7, 11) is 0. The Hall–Kier alpha value is -2.86. The zero-order chi connectivity index (χ0) is 20.7. The van der Waals surface area contributed by atoms with Crippen LogP contribution >= 0.6 is 0 Å². The van der Waals surface area contributed by atoms with Crippen LogP contribution in [-0.2, 0) is 9.59 Å². The van der Waals surface area contributed by atoms with Crippen LogP contribution in [0.25, 0.3) is 6.08 Å². The van der Waals surface area contributed by atoms with Crippen LogP contribution in [0.5, 0.6) is 5.75 Å². The number of piperazine rings is 1. The smallest absolute Gasteiger partial charge is 0.294 e. The number of allylic oxidation sites excluding steroid dienone is 3. The Morgan fingerprint density at radius 1 is 1.18 bits per heavy atom. The molecule has 1 aliphatic rings. The number of ether oxygens (including phenoxy) is 1. The van der Waals surface area contributed by atoms with Crippen molar-refractivity contribution in [2.45, 2.75) is 46.6 Å². The summed E-state index contributed by atoms with van der Waals surface area (Å²) in [5, 5.41) is 12.6. The van der Waals surface area contributed by atoms with E-state index >= 15 is 0 Å². The van der Waals surface area contributed by atoms with E-state index in [4.69, 9.17) is 4.74 Å². The Labute approximate surface area is 166 Å². The van der Waals surface area contributed by atoms with Crippen LogP contribution in [0.3, 0.4) is 0 Å². The monoisotopic (exact) mass is 384 g/mol. The van der Waals surface area contributed by atoms with Crippen LogP contribution in [0.15, 0.2) is 53.3 Å². The third kappa shape index (κ3) is 6.09. The lowest BCUT2D eigenvalue weighted by Gasteiger charge is -2.28. The van der Waals surface area contributed by atoms with E-state index in [-0.39, 0.29) is 5.70 Å². The highest BCUT2D eigenvalue weighted by atomic mass is 16.5. The molecule has 6 heteroatoms. The van der Waals surface area contributed by atoms with Crippen LogP contribution in [0.1, 0.15) is 46.1 Å². The molecule has 2 rings (SSSR count). The van der Waals surface area contributed by atoms with Gasteiger partial charge in [-0.05, 0) is 70.4 Å². The van der Waals surface area contributed by atoms with Crippen LogP contribution in [0.4, 0.5) is 0 Å². The quantitative estimate of drug-likeness (QED) is 0.425. The number of hydroxylamine groups is 2. The molecule has 1 aliphatic heterocycles. The van der Waals surface area contributed by atoms with Gasteiger partial charge in [0.2, 0.25) is 5.91 Å². The van der Waals surface area contributed by atoms with E-state index in [2.05, 4.69) is 38.2 Å². The molecular weight excluding hydrogens is 356 g/mol. The number of carbonyl (C=O) groups excluding carboxylic acids is 2. The maximum Gasteiger partial charge on any atom is 0.294 e. The number of benzene rings is 1. The van der Waals surface area contributed by atoms with Crippen molar-refractivity contribution in [1.82, 2.24) is 10.4 Å². The molecule has 0 radical (unpaired) electrons. The van der Waals surface area contributed by atoms with Gasteiger partial charge in [-0.1, -0.05) is 29.4 Å². The fourth-order valence-corrected chi connectivity index (χ4v) is 2.60. The first-order valence-corrected chi connectivity index (χ1v) is 9.34. The van der Waals surface area contributed by atoms with Gasteiger partial charge < -0.3 is 10.1 Å². The predicted molar refractivity (Wildman–Crippen MR) is 109 cm³/mol. The van der Waals surface area contributed by atoms with Crippen LogP contribution in [-0.4, -0.2) is 34.7 Å². The van der Waals surface area contributed by atoms with E-state index in [1.807, 2.05) is 0 Å². The topological polar surface area (TPSA) is 78.9 Å². The second-order valence-corrected chi connectivity index (χ2v) is 7.12. The van der Waals surface area contributed by atoms with Crippen molar-refractivity contribution in [3.8, 4) is 5.75 Å². The molecule has 1 aromatic rings. The van der Waals surface area contributed by atoms with Gasteiger partial charge in [0.15, 0.2) is 0 Å². The van der Waals surface area contributed by atoms with Gasteiger partial charge in [-0.3, -0.25) is 14.8 Å². The zero-order valence-electron chi connectivity index (χ0n) is 16.9. The molecular formula is C22H28N2O4. The molecule has 0 aliphatic carbocycles. The number of hydrogen-bond donors (Lipinski definition) is 2. The lowest BCUT2D eigenvalue weighted by molar-refractivity contribution is -0.178. The molecule has 2 N–H and O–H groups in total. The summed E-state index contributed by atoms with van der Waals surface area (Å²) < 4.78 is 5.72. The molecule has 1 unspecified atom stereocenters. The van der Waals surface area contributed by atoms with Gasteiger partial charge in [0.1, 0.15) is 24.1 Å². The predicted octanol–water partition coefficient (Wildman–Crippen LogP) is 3.84. The lowest BCUT2D eigenvalue weighted by atomic mass is 10.1. The largest absolute Gasteiger partial charge is 0.490 e. The number of amides is 2. The molecule has 2 amide bonds. The standard InChI is InChI=1S/C22H28N2O4/c1-15(2)6-5-7-16(3)12-13-28-19-10-8-18(9-11-19)14-20-22(26)24(27)17(4)21(25)23-20/h6,8-12,14,17,27H,5,7,13H2,1-4H3,(H,23,25). The van der Waals surface area contributed by atoms with Crippen molar-refractivity contribution in [3.63, 3.8) is 0 Å². The minimum Gasteiger partial charge on any atom is -0.490 e. The third-order valence-corrected chi connectivity index (χ3v) is 4.41. The average Bonchev–Trinajstić information content (AvgIpc) is 2.65. The molecule has 1 atom stereocenters. The minimum absolute atomic E-state index is 0.0363. The molecule has 1 heterocycles. The van der Waals surface area contributed by atoms with E-state index in [1.54, 1.807) is 24.3 Å². The molecule has 0 bridgehead atoms. The molecule has 0 spiro atoms. The Kier molecular flexibility index (Phi) is 7.58. The van der Waals surface area contributed by atoms with Gasteiger partial charge in [0, 0.05) is 0 Å². The van der Waals surface area contributed by atoms with Crippen LogP contribution < -0.4 is 10.1 Å². The van der Waals surface area contributed by atoms with E-state index in [0.717, 1.165) is 12.8 Å². The van der Waals surface area contributed by atoms with E-state index < -0.39 is 17.9 Å². The van der Waals surface area contributed by atoms with Gasteiger partial charge in [-0.25, -0.2) is 5.06 Å². The first-order chi connectivity index (χ1) is 13.3. The molecule has 150 valence electrons. The van der Waals surface area contributed by atoms with Crippen LogP contribution in [0, 0.1) is 0 Å². The highest BCUT2D eigenvalue weighted by molar-refractivity contribution is 6.06. The molecule has 0 aromatic heterocycles. The number of nitrogens with one attached hydrogen (secondary N) is 1. The first-order valence-electron chi connectivity index (χ1n) is 9.34. The summed E-state index contributed by atoms with van der Waals surface area (Å²) in [6.45, 7) is 8.24. The summed E-state index contributed by atoms with van der Waals surface area (Å²) in [5.41, 5.74) is 3.37. The van der Waals surface area contributed by atoms with Crippen molar-refractivity contribution in [3.05, 3.63) is 58.8 Å². The highest BCUT2D eigenvalue weighted by Crippen LogP contribution is 2.17. The van der Waals surface area contributed by atoms with Crippen LogP contribution in [0.2, 0.25) is 0 Å². The fourth-order valence-electron chi connectivity index (χ4n) is 2.60. The van der Waals surface area contributed by atoms with Crippen molar-refractivity contribution in [2.24, 2.45) is 0 Å². The van der Waals surface area contributed by atoms with Crippen molar-refractivity contribution in [1.29, 1.82) is 0 Å². The number of hydrogen-bond acceptors (Lipinski definition) is 4. The van der Waals surface area contributed by atoms with E-state index in [0.29, 0.717) is 23.0 Å². The number of rotatable bonds is 7. The van der Waals surface area contributed by atoms with Gasteiger partial charge >= 0.3 is 0 Å². The number of carbonyl (C=O) groups is 2. The summed E-state index contributed by atoms with van der Waals surface area (Å²) in [5.74, 6) is -0.354. The average molecular weight is 384 g/mol. The minimum atomic E-state index is -0.904. The van der Waals surface area contributed by atoms with Gasteiger partial charge in [-0.15, -0.1) is 0 Å². The van der Waals surface area contributed by atoms with E-state index in [1.165, 1.54) is 24.1 Å². The SMILES string of the molecule is CC(C)=CCCC(C)=CCOc1ccc(C=C2NC(=O)C(C)N(O)C2=O)cc1. The molecule has 28 heavy (non-hydrogen) atoms. The highest BCUT2D eigenvalue weighted by Gasteiger charge is 2.33. The molecule has 1 aromatic carbocycles. The van der Waals surface area contributed by atoms with Gasteiger partial charge in [0.25, 0.3) is 5.91 Å². The number of nitrogens with zero attached hydrogens (tertiary/aromatic N) is 1. The second kappa shape index (κ2) is 9.90. The van der Waals surface area contributed by atoms with Crippen molar-refractivity contribution < 1.29 is 19.5 Å². The molecule has 0 saturated carbocycles. The maximum atomic E-state index is 12.0. The van der Waals surface area contributed by atoms with Gasteiger partial charge in [-0.2, -0.15) is 0 Å². The zero-order valence-corrected chi connectivity index (χ0v) is 16.9. The lowest BCUT2D eigenvalue weighted by Crippen LogP contribution is -2.54. The molecule has 1 fully saturated rings. The molecule has 6 nitrogen and oxygen atoms in total. The summed E-state index contributed by atoms with van der Waals surface area (Å²) in [6.07, 6.45) is 7.87. The summed E-state index contributed by atoms with van der Waals surface area (Å²) in [4.78, 5) is 23.8. The van der Waals surface area contributed by atoms with Gasteiger partial charge in [0.05, 0.1) is 0 Å². The van der Waals surface area contributed by atoms with Crippen molar-refractivity contribution >= 4 is 17.9 Å². The Bertz CT molecular complexity index is 802. The second-order valence-electron chi connectivity index (χ2n) is 7.12. The summed E-state index contributed by atoms with van der Waals surface area (Å²) >= 11 is 0. The Balaban J connectivity index is 1.92. The third-order valence-electron chi connectivity index (χ3n) is 4.41. The molecule has 1 saturated heterocycles. The normalized spacial score (nSPS) is 18.9. The van der Waals surface area contributed by atoms with Crippen molar-refractivity contribution in [2.75, 3.05) is 6.61 Å².